The van der Waals surface area contributed by atoms with Crippen LogP contribution in [0.4, 0.5) is 0 Å². The van der Waals surface area contributed by atoms with Crippen molar-refractivity contribution in [2.24, 2.45) is 5.73 Å². The molecule has 2 aromatic rings. The Hall–Kier alpha value is -3.18. The van der Waals surface area contributed by atoms with Gasteiger partial charge in [0.1, 0.15) is 47.1 Å². The number of carbonyl (C=O) groups excluding carboxylic acids is 2. The van der Waals surface area contributed by atoms with Crippen molar-refractivity contribution in [1.82, 2.24) is 20.4 Å². The topological polar surface area (TPSA) is 205 Å². The molecule has 0 spiro atoms. The number of nitrogens with two attached hydrogens (primary N) is 1. The Balaban J connectivity index is 1.38. The van der Waals surface area contributed by atoms with Crippen LogP contribution in [0.2, 0.25) is 0 Å². The van der Waals surface area contributed by atoms with Gasteiger partial charge < -0.3 is 31.1 Å². The number of nitrogens with zero attached hydrogens (tertiary/aromatic N) is 3. The van der Waals surface area contributed by atoms with Crippen molar-refractivity contribution in [3.63, 3.8) is 0 Å². The number of aromatic hydroxyl groups is 1. The first-order valence-corrected chi connectivity index (χ1v) is 13.5. The van der Waals surface area contributed by atoms with Crippen LogP contribution >= 0.6 is 34.9 Å². The first kappa shape index (κ1) is 26.9. The smallest absolute Gasteiger partial charge is 0.352 e. The number of thioether (sulfide) groups is 2. The number of fused-ring (bicyclic) bond motifs is 1. The third kappa shape index (κ3) is 6.04. The van der Waals surface area contributed by atoms with Crippen molar-refractivity contribution >= 4 is 58.6 Å². The number of aromatic nitrogens is 2. The maximum absolute atomic E-state index is 12.9. The molecule has 196 valence electrons. The van der Waals surface area contributed by atoms with E-state index in [1.54, 1.807) is 0 Å². The molecule has 0 aliphatic carbocycles. The standard InChI is InChI=1S/C21H21N5O8S3/c22-14(9-1-3-11(27)4-2-9)17(30)23-15-18(31)26-16(20(32)33)10(7-35-19(15)26)8-36-21-25-24-12(37-21)5-34-6-13(28)29/h1-4,14-15,19,27H,5-8,22H2,(H,23,30)(H,28,29)(H,32,33)/t14-,15?,19-/m1/s1. The quantitative estimate of drug-likeness (QED) is 0.184. The van der Waals surface area contributed by atoms with Crippen molar-refractivity contribution in [2.75, 3.05) is 18.1 Å². The van der Waals surface area contributed by atoms with Crippen molar-refractivity contribution < 1.29 is 39.2 Å². The lowest BCUT2D eigenvalue weighted by molar-refractivity contribution is -0.150. The normalized spacial score (nSPS) is 19.7. The SMILES string of the molecule is N[C@@H](C(=O)NC1C(=O)N2C(C(=O)O)=C(CSc3nnc(COCC(=O)O)s3)CS[C@H]12)c1ccc(O)cc1. The Bertz CT molecular complexity index is 1250. The largest absolute Gasteiger partial charge is 0.508 e. The van der Waals surface area contributed by atoms with Gasteiger partial charge in [0.05, 0.1) is 0 Å². The second kappa shape index (κ2) is 11.5. The van der Waals surface area contributed by atoms with Gasteiger partial charge in [0.25, 0.3) is 5.91 Å². The van der Waals surface area contributed by atoms with E-state index in [4.69, 9.17) is 15.6 Å². The Labute approximate surface area is 222 Å². The number of carboxylic acids is 2. The van der Waals surface area contributed by atoms with Crippen LogP contribution < -0.4 is 11.1 Å². The van der Waals surface area contributed by atoms with Gasteiger partial charge in [0.15, 0.2) is 4.34 Å². The fraction of sp³-hybridized carbons (Fsp3) is 0.333. The lowest BCUT2D eigenvalue weighted by Gasteiger charge is -2.49. The van der Waals surface area contributed by atoms with Crippen molar-refractivity contribution in [2.45, 2.75) is 28.4 Å². The number of rotatable bonds is 11. The third-order valence-corrected chi connectivity index (χ3v) is 8.81. The highest BCUT2D eigenvalue weighted by Gasteiger charge is 2.54. The van der Waals surface area contributed by atoms with Crippen molar-refractivity contribution in [1.29, 1.82) is 0 Å². The summed E-state index contributed by atoms with van der Waals surface area (Å²) < 4.78 is 5.52. The van der Waals surface area contributed by atoms with Gasteiger partial charge in [-0.25, -0.2) is 9.59 Å². The minimum absolute atomic E-state index is 0.00305. The second-order valence-corrected chi connectivity index (χ2v) is 11.2. The zero-order valence-corrected chi connectivity index (χ0v) is 21.3. The summed E-state index contributed by atoms with van der Waals surface area (Å²) in [5.74, 6) is -2.88. The fourth-order valence-corrected chi connectivity index (χ4v) is 6.92. The molecule has 0 radical (unpaired) electrons. The van der Waals surface area contributed by atoms with Gasteiger partial charge in [-0.05, 0) is 23.3 Å². The minimum atomic E-state index is -1.25. The van der Waals surface area contributed by atoms with Crippen molar-refractivity contribution in [3.05, 3.63) is 46.1 Å². The number of β-lactam (4-membered cyclic amide) rings is 1. The first-order chi connectivity index (χ1) is 17.7. The molecule has 2 aliphatic heterocycles. The van der Waals surface area contributed by atoms with E-state index in [1.165, 1.54) is 64.0 Å². The van der Waals surface area contributed by atoms with Crippen LogP contribution in [0.15, 0.2) is 39.9 Å². The number of ether oxygens (including phenoxy) is 1. The molecule has 16 heteroatoms. The first-order valence-electron chi connectivity index (χ1n) is 10.6. The number of hydrogen-bond donors (Lipinski definition) is 5. The van der Waals surface area contributed by atoms with Crippen LogP contribution in [0.1, 0.15) is 16.6 Å². The molecule has 3 atom stereocenters. The highest BCUT2D eigenvalue weighted by atomic mass is 32.2. The van der Waals surface area contributed by atoms with Crippen LogP contribution in [-0.2, 0) is 30.5 Å². The van der Waals surface area contributed by atoms with Gasteiger partial charge >= 0.3 is 11.9 Å². The summed E-state index contributed by atoms with van der Waals surface area (Å²) in [6.45, 7) is -0.458. The minimum Gasteiger partial charge on any atom is -0.508 e. The molecular formula is C21H21N5O8S3. The Kier molecular flexibility index (Phi) is 8.33. The third-order valence-electron chi connectivity index (χ3n) is 5.35. The molecule has 1 fully saturated rings. The van der Waals surface area contributed by atoms with Gasteiger partial charge in [-0.3, -0.25) is 14.5 Å². The fourth-order valence-electron chi connectivity index (χ4n) is 3.60. The number of carboxylic acid groups (broad SMARTS) is 2. The summed E-state index contributed by atoms with van der Waals surface area (Å²) in [6, 6.07) is 3.82. The molecule has 37 heavy (non-hydrogen) atoms. The monoisotopic (exact) mass is 567 g/mol. The van der Waals surface area contributed by atoms with Gasteiger partial charge in [-0.2, -0.15) is 0 Å². The number of carbonyl (C=O) groups is 4. The van der Waals surface area contributed by atoms with E-state index in [-0.39, 0.29) is 23.8 Å². The van der Waals surface area contributed by atoms with Gasteiger partial charge in [0.2, 0.25) is 5.91 Å². The Morgan fingerprint density at radius 1 is 1.24 bits per heavy atom. The van der Waals surface area contributed by atoms with Gasteiger partial charge in [0, 0.05) is 11.5 Å². The molecule has 6 N–H and O–H groups in total. The van der Waals surface area contributed by atoms with Crippen LogP contribution in [0.5, 0.6) is 5.75 Å². The second-order valence-electron chi connectivity index (χ2n) is 7.86. The van der Waals surface area contributed by atoms with E-state index < -0.39 is 47.8 Å². The lowest BCUT2D eigenvalue weighted by Crippen LogP contribution is -2.71. The van der Waals surface area contributed by atoms with E-state index in [9.17, 15) is 29.4 Å². The highest BCUT2D eigenvalue weighted by Crippen LogP contribution is 2.42. The average Bonchev–Trinajstić information content (AvgIpc) is 3.32. The summed E-state index contributed by atoms with van der Waals surface area (Å²) in [6.07, 6.45) is 0. The molecule has 4 rings (SSSR count). The van der Waals surface area contributed by atoms with Crippen LogP contribution in [-0.4, -0.2) is 83.7 Å². The molecule has 1 unspecified atom stereocenters. The molecule has 1 aromatic carbocycles. The molecule has 2 amide bonds. The van der Waals surface area contributed by atoms with Gasteiger partial charge in [-0.15, -0.1) is 22.0 Å². The van der Waals surface area contributed by atoms with E-state index in [0.29, 0.717) is 26.2 Å². The maximum atomic E-state index is 12.9. The summed E-state index contributed by atoms with van der Waals surface area (Å²) in [7, 11) is 0. The molecular weight excluding hydrogens is 546 g/mol. The highest BCUT2D eigenvalue weighted by molar-refractivity contribution is 8.01. The number of phenols is 1. The number of phenolic OH excluding ortho intramolecular Hbond substituents is 1. The molecule has 3 heterocycles. The summed E-state index contributed by atoms with van der Waals surface area (Å²) in [5.41, 5.74) is 6.84. The van der Waals surface area contributed by atoms with Crippen LogP contribution in [0, 0.1) is 0 Å². The number of nitrogens with one attached hydrogen (secondary N) is 1. The maximum Gasteiger partial charge on any atom is 0.352 e. The molecule has 0 bridgehead atoms. The summed E-state index contributed by atoms with van der Waals surface area (Å²) in [5, 5.41) is 38.3. The Morgan fingerprint density at radius 2 is 1.97 bits per heavy atom. The predicted octanol–water partition coefficient (Wildman–Crippen LogP) is 0.376. The number of hydrogen-bond acceptors (Lipinski definition) is 12. The Morgan fingerprint density at radius 3 is 2.65 bits per heavy atom. The van der Waals surface area contributed by atoms with Gasteiger partial charge in [-0.1, -0.05) is 35.2 Å². The number of amides is 2. The average molecular weight is 568 g/mol. The lowest BCUT2D eigenvalue weighted by atomic mass is 10.0. The summed E-state index contributed by atoms with van der Waals surface area (Å²) in [4.78, 5) is 49.3. The molecule has 13 nitrogen and oxygen atoms in total. The van der Waals surface area contributed by atoms with Crippen LogP contribution in [0.3, 0.4) is 0 Å². The number of aliphatic carboxylic acids is 2. The molecule has 1 saturated heterocycles. The van der Waals surface area contributed by atoms with E-state index >= 15 is 0 Å². The van der Waals surface area contributed by atoms with E-state index in [0.717, 1.165) is 0 Å². The summed E-state index contributed by atoms with van der Waals surface area (Å²) >= 11 is 3.78. The zero-order chi connectivity index (χ0) is 26.7. The van der Waals surface area contributed by atoms with E-state index in [2.05, 4.69) is 15.5 Å². The zero-order valence-electron chi connectivity index (χ0n) is 18.9. The molecule has 1 aromatic heterocycles. The number of benzene rings is 1. The van der Waals surface area contributed by atoms with Crippen molar-refractivity contribution in [3.8, 4) is 5.75 Å². The molecule has 0 saturated carbocycles. The van der Waals surface area contributed by atoms with Crippen LogP contribution in [0.25, 0.3) is 0 Å². The molecule has 2 aliphatic rings. The van der Waals surface area contributed by atoms with E-state index in [1.807, 2.05) is 0 Å². The predicted molar refractivity (Wildman–Crippen MR) is 133 cm³/mol.